The number of aliphatic hydroxyl groups excluding tert-OH is 1. The maximum atomic E-state index is 12.9. The molecule has 2 atom stereocenters. The van der Waals surface area contributed by atoms with E-state index in [1.165, 1.54) is 0 Å². The third-order valence-electron chi connectivity index (χ3n) is 5.91. The number of para-hydroxylation sites is 1. The minimum atomic E-state index is -0.313. The second-order valence-electron chi connectivity index (χ2n) is 7.72. The van der Waals surface area contributed by atoms with Crippen LogP contribution in [0, 0.1) is 5.41 Å². The normalized spacial score (nSPS) is 27.9. The van der Waals surface area contributed by atoms with E-state index >= 15 is 0 Å². The molecule has 6 nitrogen and oxygen atoms in total. The molecule has 2 fully saturated rings. The molecule has 0 bridgehead atoms. The number of nitrogens with one attached hydrogen (secondary N) is 1. The van der Waals surface area contributed by atoms with Crippen LogP contribution < -0.4 is 0 Å². The molecular formula is C19H26N4O2. The topological polar surface area (TPSA) is 72.5 Å². The van der Waals surface area contributed by atoms with E-state index in [2.05, 4.69) is 22.1 Å². The summed E-state index contributed by atoms with van der Waals surface area (Å²) in [5.74, 6) is 0.119. The first kappa shape index (κ1) is 16.5. The van der Waals surface area contributed by atoms with Gasteiger partial charge in [0.05, 0.1) is 23.7 Å². The lowest BCUT2D eigenvalue weighted by Crippen LogP contribution is -2.59. The number of nitrogens with zero attached hydrogens (tertiary/aromatic N) is 3. The molecule has 0 saturated carbocycles. The van der Waals surface area contributed by atoms with E-state index in [1.807, 2.05) is 29.2 Å². The van der Waals surface area contributed by atoms with E-state index in [0.717, 1.165) is 55.5 Å². The van der Waals surface area contributed by atoms with Crippen LogP contribution in [0.15, 0.2) is 24.3 Å². The molecule has 1 aromatic heterocycles. The number of benzene rings is 1. The molecule has 1 spiro atoms. The van der Waals surface area contributed by atoms with Crippen molar-refractivity contribution in [2.75, 3.05) is 33.2 Å². The highest BCUT2D eigenvalue weighted by Gasteiger charge is 2.45. The first-order chi connectivity index (χ1) is 12.1. The van der Waals surface area contributed by atoms with Crippen molar-refractivity contribution in [2.24, 2.45) is 5.41 Å². The van der Waals surface area contributed by atoms with Gasteiger partial charge in [-0.1, -0.05) is 18.2 Å². The van der Waals surface area contributed by atoms with Crippen LogP contribution >= 0.6 is 0 Å². The summed E-state index contributed by atoms with van der Waals surface area (Å²) in [6.07, 6.45) is 2.77. The Bertz CT molecular complexity index is 774. The average molecular weight is 342 g/mol. The van der Waals surface area contributed by atoms with Gasteiger partial charge in [0.2, 0.25) is 5.91 Å². The number of aliphatic hydroxyl groups is 1. The summed E-state index contributed by atoms with van der Waals surface area (Å²) in [4.78, 5) is 17.1. The minimum absolute atomic E-state index is 0.119. The van der Waals surface area contributed by atoms with Gasteiger partial charge in [-0.05, 0) is 32.4 Å². The third-order valence-corrected chi connectivity index (χ3v) is 5.91. The number of aromatic nitrogens is 2. The Morgan fingerprint density at radius 2 is 2.20 bits per heavy atom. The van der Waals surface area contributed by atoms with E-state index in [0.29, 0.717) is 13.0 Å². The zero-order chi connectivity index (χ0) is 17.4. The largest absolute Gasteiger partial charge is 0.392 e. The molecule has 2 aliphatic rings. The van der Waals surface area contributed by atoms with Crippen molar-refractivity contribution >= 4 is 16.8 Å². The van der Waals surface area contributed by atoms with Crippen molar-refractivity contribution in [1.82, 2.24) is 20.0 Å². The molecule has 3 heterocycles. The van der Waals surface area contributed by atoms with Crippen LogP contribution in [-0.4, -0.2) is 70.3 Å². The fraction of sp³-hybridized carbons (Fsp3) is 0.579. The van der Waals surface area contributed by atoms with Gasteiger partial charge >= 0.3 is 0 Å². The van der Waals surface area contributed by atoms with Crippen molar-refractivity contribution < 1.29 is 9.90 Å². The molecule has 1 amide bonds. The Labute approximate surface area is 147 Å². The molecule has 1 aromatic carbocycles. The van der Waals surface area contributed by atoms with E-state index in [-0.39, 0.29) is 17.4 Å². The standard InChI is InChI=1S/C19H26N4O2/c1-22-10-7-17(24)19(12-22)8-4-9-23(13-19)18(25)11-16-14-5-2-3-6-15(14)20-21-16/h2-3,5-6,17,24H,4,7-13H2,1H3,(H,20,21)/t17-,19-/m0/s1. The van der Waals surface area contributed by atoms with Crippen molar-refractivity contribution in [3.8, 4) is 0 Å². The predicted molar refractivity (Wildman–Crippen MR) is 96.2 cm³/mol. The number of aromatic amines is 1. The maximum absolute atomic E-state index is 12.9. The number of piperidine rings is 2. The highest BCUT2D eigenvalue weighted by molar-refractivity contribution is 5.87. The van der Waals surface area contributed by atoms with E-state index < -0.39 is 0 Å². The Hall–Kier alpha value is -1.92. The van der Waals surface area contributed by atoms with Gasteiger partial charge in [-0.25, -0.2) is 0 Å². The molecule has 25 heavy (non-hydrogen) atoms. The fourth-order valence-electron chi connectivity index (χ4n) is 4.56. The summed E-state index contributed by atoms with van der Waals surface area (Å²) in [7, 11) is 2.10. The van der Waals surface area contributed by atoms with Gasteiger partial charge in [-0.3, -0.25) is 9.89 Å². The quantitative estimate of drug-likeness (QED) is 0.866. The van der Waals surface area contributed by atoms with Gasteiger partial charge in [-0.2, -0.15) is 5.10 Å². The van der Waals surface area contributed by atoms with Gasteiger partial charge in [-0.15, -0.1) is 0 Å². The molecular weight excluding hydrogens is 316 g/mol. The van der Waals surface area contributed by atoms with Crippen LogP contribution in [0.4, 0.5) is 0 Å². The number of hydrogen-bond donors (Lipinski definition) is 2. The molecule has 2 N–H and O–H groups in total. The Balaban J connectivity index is 1.50. The summed E-state index contributed by atoms with van der Waals surface area (Å²) >= 11 is 0. The summed E-state index contributed by atoms with van der Waals surface area (Å²) in [5.41, 5.74) is 1.60. The molecule has 2 saturated heterocycles. The molecule has 0 aliphatic carbocycles. The fourth-order valence-corrected chi connectivity index (χ4v) is 4.56. The summed E-state index contributed by atoms with van der Waals surface area (Å²) in [6.45, 7) is 3.23. The number of carbonyl (C=O) groups excluding carboxylic acids is 1. The smallest absolute Gasteiger partial charge is 0.228 e. The van der Waals surface area contributed by atoms with Crippen molar-refractivity contribution in [2.45, 2.75) is 31.8 Å². The SMILES string of the molecule is CN1CC[C@H](O)[C@@]2(CCCN(C(=O)Cc3[nH]nc4ccccc34)C2)C1. The number of amides is 1. The average Bonchev–Trinajstić information content (AvgIpc) is 3.02. The van der Waals surface area contributed by atoms with Crippen LogP contribution in [0.25, 0.3) is 10.9 Å². The maximum Gasteiger partial charge on any atom is 0.228 e. The van der Waals surface area contributed by atoms with Gasteiger partial charge in [0.25, 0.3) is 0 Å². The third kappa shape index (κ3) is 3.04. The highest BCUT2D eigenvalue weighted by atomic mass is 16.3. The van der Waals surface area contributed by atoms with Crippen LogP contribution in [0.1, 0.15) is 25.0 Å². The highest BCUT2D eigenvalue weighted by Crippen LogP contribution is 2.38. The lowest BCUT2D eigenvalue weighted by atomic mass is 9.71. The lowest BCUT2D eigenvalue weighted by molar-refractivity contribution is -0.140. The Morgan fingerprint density at radius 1 is 1.36 bits per heavy atom. The second kappa shape index (κ2) is 6.42. The van der Waals surface area contributed by atoms with Gasteiger partial charge in [0, 0.05) is 37.0 Å². The van der Waals surface area contributed by atoms with Crippen LogP contribution in [0.3, 0.4) is 0 Å². The number of likely N-dealkylation sites (tertiary alicyclic amines) is 2. The van der Waals surface area contributed by atoms with E-state index in [1.54, 1.807) is 0 Å². The van der Waals surface area contributed by atoms with Crippen LogP contribution in [-0.2, 0) is 11.2 Å². The summed E-state index contributed by atoms with van der Waals surface area (Å²) < 4.78 is 0. The molecule has 134 valence electrons. The second-order valence-corrected chi connectivity index (χ2v) is 7.72. The molecule has 2 aromatic rings. The van der Waals surface area contributed by atoms with Crippen molar-refractivity contribution in [3.63, 3.8) is 0 Å². The molecule has 0 radical (unpaired) electrons. The van der Waals surface area contributed by atoms with Gasteiger partial charge in [0.1, 0.15) is 0 Å². The monoisotopic (exact) mass is 342 g/mol. The zero-order valence-electron chi connectivity index (χ0n) is 14.7. The van der Waals surface area contributed by atoms with E-state index in [4.69, 9.17) is 0 Å². The van der Waals surface area contributed by atoms with Crippen LogP contribution in [0.5, 0.6) is 0 Å². The first-order valence-corrected chi connectivity index (χ1v) is 9.14. The lowest BCUT2D eigenvalue weighted by Gasteiger charge is -2.50. The Kier molecular flexibility index (Phi) is 4.25. The number of H-pyrrole nitrogens is 1. The number of carbonyl (C=O) groups is 1. The molecule has 6 heteroatoms. The predicted octanol–water partition coefficient (Wildman–Crippen LogP) is 1.41. The Morgan fingerprint density at radius 3 is 3.08 bits per heavy atom. The zero-order valence-corrected chi connectivity index (χ0v) is 14.7. The minimum Gasteiger partial charge on any atom is -0.392 e. The number of fused-ring (bicyclic) bond motifs is 1. The first-order valence-electron chi connectivity index (χ1n) is 9.14. The summed E-state index contributed by atoms with van der Waals surface area (Å²) in [6, 6.07) is 7.86. The number of hydrogen-bond acceptors (Lipinski definition) is 4. The van der Waals surface area contributed by atoms with Gasteiger partial charge < -0.3 is 14.9 Å². The van der Waals surface area contributed by atoms with Crippen molar-refractivity contribution in [1.29, 1.82) is 0 Å². The molecule has 2 aliphatic heterocycles. The van der Waals surface area contributed by atoms with Crippen molar-refractivity contribution in [3.05, 3.63) is 30.0 Å². The van der Waals surface area contributed by atoms with Crippen LogP contribution in [0.2, 0.25) is 0 Å². The van der Waals surface area contributed by atoms with Gasteiger partial charge in [0.15, 0.2) is 0 Å². The molecule has 0 unspecified atom stereocenters. The summed E-state index contributed by atoms with van der Waals surface area (Å²) in [5, 5.41) is 18.9. The molecule has 4 rings (SSSR count). The number of rotatable bonds is 2. The van der Waals surface area contributed by atoms with E-state index in [9.17, 15) is 9.90 Å².